The van der Waals surface area contributed by atoms with Crippen LogP contribution in [0.4, 0.5) is 4.39 Å². The molecule has 0 saturated carbocycles. The molecule has 62 valence electrons. The standard InChI is InChI=1S/C8H8FN2P/c1-12-8-6-3-2-5(9)4-7(6)10-11-8/h2-4,12H,1H3,(H,10,11). The van der Waals surface area contributed by atoms with Gasteiger partial charge < -0.3 is 0 Å². The maximum Gasteiger partial charge on any atom is 0.125 e. The number of fused-ring (bicyclic) bond motifs is 1. The largest absolute Gasteiger partial charge is 0.277 e. The molecule has 2 rings (SSSR count). The molecule has 1 aromatic heterocycles. The van der Waals surface area contributed by atoms with Gasteiger partial charge in [-0.2, -0.15) is 5.10 Å². The van der Waals surface area contributed by atoms with Crippen LogP contribution in [0.2, 0.25) is 0 Å². The summed E-state index contributed by atoms with van der Waals surface area (Å²) in [6, 6.07) is 4.69. The second-order valence-corrected chi connectivity index (χ2v) is 3.49. The molecule has 0 bridgehead atoms. The number of nitrogens with zero attached hydrogens (tertiary/aromatic N) is 1. The van der Waals surface area contributed by atoms with E-state index in [9.17, 15) is 4.39 Å². The van der Waals surface area contributed by atoms with Gasteiger partial charge in [0, 0.05) is 5.39 Å². The molecular weight excluding hydrogens is 174 g/mol. The summed E-state index contributed by atoms with van der Waals surface area (Å²) >= 11 is 0. The molecule has 1 unspecified atom stereocenters. The number of hydrogen-bond donors (Lipinski definition) is 1. The number of aromatic nitrogens is 2. The monoisotopic (exact) mass is 182 g/mol. The van der Waals surface area contributed by atoms with Crippen molar-refractivity contribution in [1.82, 2.24) is 10.2 Å². The summed E-state index contributed by atoms with van der Waals surface area (Å²) in [6.45, 7) is 2.05. The van der Waals surface area contributed by atoms with Gasteiger partial charge in [0.1, 0.15) is 5.82 Å². The van der Waals surface area contributed by atoms with Crippen molar-refractivity contribution in [1.29, 1.82) is 0 Å². The first-order chi connectivity index (χ1) is 5.81. The first kappa shape index (κ1) is 7.69. The lowest BCUT2D eigenvalue weighted by Gasteiger charge is -1.90. The van der Waals surface area contributed by atoms with Crippen LogP contribution in [0.15, 0.2) is 18.2 Å². The van der Waals surface area contributed by atoms with E-state index < -0.39 is 0 Å². The van der Waals surface area contributed by atoms with E-state index in [2.05, 4.69) is 16.9 Å². The number of H-pyrrole nitrogens is 1. The van der Waals surface area contributed by atoms with Gasteiger partial charge in [-0.15, -0.1) is 0 Å². The number of aromatic amines is 1. The molecule has 0 amide bonds. The maximum atomic E-state index is 12.7. The van der Waals surface area contributed by atoms with Crippen LogP contribution in [0, 0.1) is 5.82 Å². The predicted octanol–water partition coefficient (Wildman–Crippen LogP) is 1.64. The van der Waals surface area contributed by atoms with Crippen LogP contribution in [0.25, 0.3) is 10.9 Å². The molecule has 2 nitrogen and oxygen atoms in total. The molecule has 0 aliphatic carbocycles. The highest BCUT2D eigenvalue weighted by molar-refractivity contribution is 7.46. The van der Waals surface area contributed by atoms with Gasteiger partial charge in [0.25, 0.3) is 0 Å². The number of hydrogen-bond acceptors (Lipinski definition) is 1. The molecule has 2 aromatic rings. The Labute approximate surface area is 71.0 Å². The van der Waals surface area contributed by atoms with Gasteiger partial charge in [-0.1, -0.05) is 8.58 Å². The van der Waals surface area contributed by atoms with Crippen molar-refractivity contribution in [2.75, 3.05) is 6.66 Å². The third-order valence-electron chi connectivity index (χ3n) is 1.76. The average molecular weight is 182 g/mol. The molecule has 0 fully saturated rings. The van der Waals surface area contributed by atoms with Crippen molar-refractivity contribution >= 4 is 24.9 Å². The third-order valence-corrected chi connectivity index (χ3v) is 2.62. The number of halogens is 1. The average Bonchev–Trinajstić information content (AvgIpc) is 2.46. The van der Waals surface area contributed by atoms with E-state index in [1.54, 1.807) is 6.07 Å². The van der Waals surface area contributed by atoms with Gasteiger partial charge in [-0.05, 0) is 24.9 Å². The van der Waals surface area contributed by atoms with Crippen LogP contribution in [-0.2, 0) is 0 Å². The van der Waals surface area contributed by atoms with Crippen molar-refractivity contribution in [3.05, 3.63) is 24.0 Å². The summed E-state index contributed by atoms with van der Waals surface area (Å²) < 4.78 is 12.7. The minimum atomic E-state index is -0.225. The Morgan fingerprint density at radius 2 is 2.33 bits per heavy atom. The zero-order valence-corrected chi connectivity index (χ0v) is 7.56. The first-order valence-corrected chi connectivity index (χ1v) is 5.12. The molecule has 4 heteroatoms. The van der Waals surface area contributed by atoms with E-state index in [-0.39, 0.29) is 5.82 Å². The van der Waals surface area contributed by atoms with Gasteiger partial charge in [-0.25, -0.2) is 4.39 Å². The van der Waals surface area contributed by atoms with Gasteiger partial charge in [0.05, 0.1) is 11.0 Å². The van der Waals surface area contributed by atoms with Gasteiger partial charge in [0.2, 0.25) is 0 Å². The molecule has 1 aromatic carbocycles. The first-order valence-electron chi connectivity index (χ1n) is 3.62. The summed E-state index contributed by atoms with van der Waals surface area (Å²) in [7, 11) is 0.640. The summed E-state index contributed by atoms with van der Waals surface area (Å²) in [4.78, 5) is 0. The maximum absolute atomic E-state index is 12.7. The van der Waals surface area contributed by atoms with Crippen LogP contribution in [0.5, 0.6) is 0 Å². The third kappa shape index (κ3) is 1.10. The smallest absolute Gasteiger partial charge is 0.125 e. The Balaban J connectivity index is 2.73. The fraction of sp³-hybridized carbons (Fsp3) is 0.125. The van der Waals surface area contributed by atoms with Crippen molar-refractivity contribution in [3.63, 3.8) is 0 Å². The molecular formula is C8H8FN2P. The predicted molar refractivity (Wildman–Crippen MR) is 49.9 cm³/mol. The molecule has 1 heterocycles. The fourth-order valence-electron chi connectivity index (χ4n) is 1.18. The Morgan fingerprint density at radius 3 is 3.08 bits per heavy atom. The van der Waals surface area contributed by atoms with Crippen molar-refractivity contribution in [2.45, 2.75) is 0 Å². The SMILES string of the molecule is CPc1n[nH]c2cc(F)ccc12. The number of benzene rings is 1. The van der Waals surface area contributed by atoms with E-state index in [4.69, 9.17) is 0 Å². The van der Waals surface area contributed by atoms with Gasteiger partial charge >= 0.3 is 0 Å². The van der Waals surface area contributed by atoms with E-state index in [1.165, 1.54) is 12.1 Å². The van der Waals surface area contributed by atoms with E-state index in [0.717, 1.165) is 16.3 Å². The van der Waals surface area contributed by atoms with Crippen LogP contribution < -0.4 is 5.44 Å². The van der Waals surface area contributed by atoms with Crippen molar-refractivity contribution < 1.29 is 4.39 Å². The number of rotatable bonds is 1. The van der Waals surface area contributed by atoms with Gasteiger partial charge in [0.15, 0.2) is 0 Å². The summed E-state index contributed by atoms with van der Waals surface area (Å²) in [6.07, 6.45) is 0. The Hall–Kier alpha value is -0.950. The summed E-state index contributed by atoms with van der Waals surface area (Å²) in [5.74, 6) is -0.225. The van der Waals surface area contributed by atoms with E-state index in [0.29, 0.717) is 8.58 Å². The molecule has 0 aliphatic rings. The van der Waals surface area contributed by atoms with Crippen LogP contribution in [0.1, 0.15) is 0 Å². The van der Waals surface area contributed by atoms with Crippen molar-refractivity contribution in [2.24, 2.45) is 0 Å². The number of nitrogens with one attached hydrogen (secondary N) is 1. The minimum absolute atomic E-state index is 0.225. The van der Waals surface area contributed by atoms with Crippen molar-refractivity contribution in [3.8, 4) is 0 Å². The molecule has 12 heavy (non-hydrogen) atoms. The molecule has 0 aliphatic heterocycles. The Bertz CT molecular complexity index is 410. The normalized spacial score (nSPS) is 11.8. The van der Waals surface area contributed by atoms with Crippen LogP contribution in [0.3, 0.4) is 0 Å². The summed E-state index contributed by atoms with van der Waals surface area (Å²) in [5.41, 5.74) is 1.80. The highest BCUT2D eigenvalue weighted by atomic mass is 31.1. The quantitative estimate of drug-likeness (QED) is 0.667. The molecule has 0 spiro atoms. The zero-order valence-electron chi connectivity index (χ0n) is 6.56. The highest BCUT2D eigenvalue weighted by Crippen LogP contribution is 2.15. The highest BCUT2D eigenvalue weighted by Gasteiger charge is 2.03. The molecule has 1 N–H and O–H groups in total. The molecule has 1 atom stereocenters. The van der Waals surface area contributed by atoms with E-state index in [1.807, 2.05) is 0 Å². The van der Waals surface area contributed by atoms with Gasteiger partial charge in [-0.3, -0.25) is 5.10 Å². The zero-order chi connectivity index (χ0) is 8.55. The Morgan fingerprint density at radius 1 is 1.50 bits per heavy atom. The van der Waals surface area contributed by atoms with E-state index >= 15 is 0 Å². The second-order valence-electron chi connectivity index (χ2n) is 2.51. The van der Waals surface area contributed by atoms with Crippen LogP contribution in [-0.4, -0.2) is 16.9 Å². The topological polar surface area (TPSA) is 28.7 Å². The molecule has 0 saturated heterocycles. The van der Waals surface area contributed by atoms with Crippen LogP contribution >= 0.6 is 8.58 Å². The fourth-order valence-corrected chi connectivity index (χ4v) is 1.84. The second kappa shape index (κ2) is 2.83. The summed E-state index contributed by atoms with van der Waals surface area (Å²) in [5, 5.41) is 7.90. The lowest BCUT2D eigenvalue weighted by Crippen LogP contribution is -1.93. The Kier molecular flexibility index (Phi) is 1.81. The lowest BCUT2D eigenvalue weighted by molar-refractivity contribution is 0.629. The molecule has 0 radical (unpaired) electrons. The lowest BCUT2D eigenvalue weighted by atomic mass is 10.2. The minimum Gasteiger partial charge on any atom is -0.277 e.